The molecule has 1 aromatic rings. The van der Waals surface area contributed by atoms with Crippen molar-refractivity contribution in [1.29, 1.82) is 0 Å². The molecule has 5 nitrogen and oxygen atoms in total. The van der Waals surface area contributed by atoms with Gasteiger partial charge in [0.05, 0.1) is 11.0 Å². The molecule has 0 aromatic heterocycles. The third-order valence-electron chi connectivity index (χ3n) is 4.44. The van der Waals surface area contributed by atoms with Crippen LogP contribution in [0.4, 0.5) is 0 Å². The Hall–Kier alpha value is -0.950. The number of aryl methyl sites for hydroxylation is 1. The summed E-state index contributed by atoms with van der Waals surface area (Å²) in [7, 11) is -3.44. The van der Waals surface area contributed by atoms with Gasteiger partial charge in [-0.25, -0.2) is 13.1 Å². The molecule has 2 atom stereocenters. The molecule has 0 amide bonds. The van der Waals surface area contributed by atoms with Crippen molar-refractivity contribution in [3.63, 3.8) is 0 Å². The van der Waals surface area contributed by atoms with Crippen molar-refractivity contribution in [3.8, 4) is 0 Å². The van der Waals surface area contributed by atoms with Crippen LogP contribution in [0.25, 0.3) is 0 Å². The van der Waals surface area contributed by atoms with Crippen LogP contribution in [-0.4, -0.2) is 50.7 Å². The zero-order valence-corrected chi connectivity index (χ0v) is 14.8. The molecule has 0 aliphatic carbocycles. The summed E-state index contributed by atoms with van der Waals surface area (Å²) < 4.78 is 27.4. The van der Waals surface area contributed by atoms with Gasteiger partial charge in [-0.3, -0.25) is 0 Å². The Morgan fingerprint density at radius 2 is 2.04 bits per heavy atom. The highest BCUT2D eigenvalue weighted by Crippen LogP contribution is 2.17. The van der Waals surface area contributed by atoms with E-state index in [4.69, 9.17) is 0 Å². The largest absolute Gasteiger partial charge is 0.392 e. The fourth-order valence-corrected chi connectivity index (χ4v) is 4.06. The number of piperidine rings is 1. The lowest BCUT2D eigenvalue weighted by atomic mass is 9.98. The van der Waals surface area contributed by atoms with Crippen LogP contribution in [-0.2, 0) is 10.0 Å². The molecule has 1 aliphatic rings. The fourth-order valence-electron chi connectivity index (χ4n) is 2.94. The molecule has 2 N–H and O–H groups in total. The maximum Gasteiger partial charge on any atom is 0.240 e. The van der Waals surface area contributed by atoms with Gasteiger partial charge in [0.15, 0.2) is 0 Å². The molecule has 130 valence electrons. The Morgan fingerprint density at radius 1 is 1.35 bits per heavy atom. The Kier molecular flexibility index (Phi) is 6.59. The number of nitrogens with one attached hydrogen (secondary N) is 1. The lowest BCUT2D eigenvalue weighted by Crippen LogP contribution is -2.43. The third-order valence-corrected chi connectivity index (χ3v) is 5.88. The SMILES string of the molecule is CCC(O)CN1CCCC(CNS(=O)(=O)c2ccc(C)cc2)C1. The Balaban J connectivity index is 1.88. The minimum atomic E-state index is -3.44. The number of aliphatic hydroxyl groups excluding tert-OH is 1. The van der Waals surface area contributed by atoms with Crippen LogP contribution in [0.5, 0.6) is 0 Å². The topological polar surface area (TPSA) is 69.6 Å². The van der Waals surface area contributed by atoms with Crippen molar-refractivity contribution in [1.82, 2.24) is 9.62 Å². The normalized spacial score (nSPS) is 21.3. The van der Waals surface area contributed by atoms with Gasteiger partial charge in [0.1, 0.15) is 0 Å². The minimum Gasteiger partial charge on any atom is -0.392 e. The van der Waals surface area contributed by atoms with E-state index < -0.39 is 10.0 Å². The molecule has 1 heterocycles. The zero-order valence-electron chi connectivity index (χ0n) is 14.0. The van der Waals surface area contributed by atoms with Gasteiger partial charge in [0.25, 0.3) is 0 Å². The van der Waals surface area contributed by atoms with E-state index >= 15 is 0 Å². The van der Waals surface area contributed by atoms with Crippen LogP contribution in [0, 0.1) is 12.8 Å². The summed E-state index contributed by atoms with van der Waals surface area (Å²) in [5, 5.41) is 9.77. The number of benzene rings is 1. The molecular weight excluding hydrogens is 312 g/mol. The van der Waals surface area contributed by atoms with Crippen molar-refractivity contribution < 1.29 is 13.5 Å². The first-order chi connectivity index (χ1) is 10.9. The Morgan fingerprint density at radius 3 is 2.70 bits per heavy atom. The van der Waals surface area contributed by atoms with E-state index in [0.29, 0.717) is 23.9 Å². The van der Waals surface area contributed by atoms with E-state index in [1.807, 2.05) is 26.0 Å². The number of sulfonamides is 1. The molecule has 0 spiro atoms. The molecule has 2 rings (SSSR count). The van der Waals surface area contributed by atoms with Gasteiger partial charge >= 0.3 is 0 Å². The monoisotopic (exact) mass is 340 g/mol. The molecule has 1 saturated heterocycles. The number of hydrogen-bond donors (Lipinski definition) is 2. The number of rotatable bonds is 7. The van der Waals surface area contributed by atoms with E-state index in [-0.39, 0.29) is 6.10 Å². The highest BCUT2D eigenvalue weighted by atomic mass is 32.2. The smallest absolute Gasteiger partial charge is 0.240 e. The minimum absolute atomic E-state index is 0.294. The first-order valence-electron chi connectivity index (χ1n) is 8.37. The first-order valence-corrected chi connectivity index (χ1v) is 9.85. The fraction of sp³-hybridized carbons (Fsp3) is 0.647. The molecule has 23 heavy (non-hydrogen) atoms. The summed E-state index contributed by atoms with van der Waals surface area (Å²) in [6.45, 7) is 6.87. The van der Waals surface area contributed by atoms with Crippen LogP contribution < -0.4 is 4.72 Å². The van der Waals surface area contributed by atoms with E-state index in [1.54, 1.807) is 12.1 Å². The average molecular weight is 340 g/mol. The second-order valence-electron chi connectivity index (χ2n) is 6.49. The van der Waals surface area contributed by atoms with Crippen LogP contribution in [0.2, 0.25) is 0 Å². The van der Waals surface area contributed by atoms with Gasteiger partial charge in [0, 0.05) is 19.6 Å². The molecule has 1 aromatic carbocycles. The van der Waals surface area contributed by atoms with E-state index in [9.17, 15) is 13.5 Å². The predicted molar refractivity (Wildman–Crippen MR) is 91.8 cm³/mol. The first kappa shape index (κ1) is 18.4. The number of β-amino-alcohol motifs (C(OH)–C–C–N with tert-alkyl or cyclic N) is 1. The van der Waals surface area contributed by atoms with Crippen molar-refractivity contribution >= 4 is 10.0 Å². The summed E-state index contributed by atoms with van der Waals surface area (Å²) in [4.78, 5) is 2.56. The molecule has 6 heteroatoms. The lowest BCUT2D eigenvalue weighted by Gasteiger charge is -2.33. The maximum absolute atomic E-state index is 12.3. The summed E-state index contributed by atoms with van der Waals surface area (Å²) >= 11 is 0. The summed E-state index contributed by atoms with van der Waals surface area (Å²) in [5.74, 6) is 0.299. The zero-order chi connectivity index (χ0) is 16.9. The van der Waals surface area contributed by atoms with Crippen LogP contribution in [0.15, 0.2) is 29.2 Å². The van der Waals surface area contributed by atoms with Crippen molar-refractivity contribution in [2.75, 3.05) is 26.2 Å². The Bertz CT molecular complexity index is 586. The van der Waals surface area contributed by atoms with Gasteiger partial charge in [-0.15, -0.1) is 0 Å². The molecule has 0 saturated carbocycles. The van der Waals surface area contributed by atoms with E-state index in [1.165, 1.54) is 0 Å². The van der Waals surface area contributed by atoms with Crippen LogP contribution >= 0.6 is 0 Å². The maximum atomic E-state index is 12.3. The highest BCUT2D eigenvalue weighted by molar-refractivity contribution is 7.89. The number of aliphatic hydroxyl groups is 1. The molecule has 1 fully saturated rings. The summed E-state index contributed by atoms with van der Waals surface area (Å²) in [6.07, 6.45) is 2.53. The van der Waals surface area contributed by atoms with Gasteiger partial charge in [-0.05, 0) is 50.8 Å². The quantitative estimate of drug-likeness (QED) is 0.793. The summed E-state index contributed by atoms with van der Waals surface area (Å²) in [5.41, 5.74) is 1.04. The predicted octanol–water partition coefficient (Wildman–Crippen LogP) is 1.76. The van der Waals surface area contributed by atoms with Crippen molar-refractivity contribution in [2.24, 2.45) is 5.92 Å². The molecule has 1 aliphatic heterocycles. The second kappa shape index (κ2) is 8.24. The number of nitrogens with zero attached hydrogens (tertiary/aromatic N) is 1. The highest BCUT2D eigenvalue weighted by Gasteiger charge is 2.23. The molecule has 2 unspecified atom stereocenters. The van der Waals surface area contributed by atoms with Crippen LogP contribution in [0.3, 0.4) is 0 Å². The number of likely N-dealkylation sites (tertiary alicyclic amines) is 1. The van der Waals surface area contributed by atoms with Crippen molar-refractivity contribution in [2.45, 2.75) is 44.1 Å². The molecule has 0 bridgehead atoms. The summed E-state index contributed by atoms with van der Waals surface area (Å²) in [6, 6.07) is 6.90. The average Bonchev–Trinajstić information content (AvgIpc) is 2.54. The molecular formula is C17H28N2O3S. The lowest BCUT2D eigenvalue weighted by molar-refractivity contribution is 0.0829. The number of hydrogen-bond acceptors (Lipinski definition) is 4. The van der Waals surface area contributed by atoms with Gasteiger partial charge in [-0.1, -0.05) is 24.6 Å². The molecule has 0 radical (unpaired) electrons. The van der Waals surface area contributed by atoms with Crippen molar-refractivity contribution in [3.05, 3.63) is 29.8 Å². The third kappa shape index (κ3) is 5.57. The van der Waals surface area contributed by atoms with E-state index in [0.717, 1.165) is 37.9 Å². The standard InChI is InChI=1S/C17H28N2O3S/c1-3-16(20)13-19-10-4-5-15(12-19)11-18-23(21,22)17-8-6-14(2)7-9-17/h6-9,15-16,18,20H,3-5,10-13H2,1-2H3. The van der Waals surface area contributed by atoms with Crippen LogP contribution in [0.1, 0.15) is 31.7 Å². The van der Waals surface area contributed by atoms with Gasteiger partial charge in [-0.2, -0.15) is 0 Å². The van der Waals surface area contributed by atoms with Gasteiger partial charge < -0.3 is 10.0 Å². The van der Waals surface area contributed by atoms with Gasteiger partial charge in [0.2, 0.25) is 10.0 Å². The second-order valence-corrected chi connectivity index (χ2v) is 8.26. The van der Waals surface area contributed by atoms with E-state index in [2.05, 4.69) is 9.62 Å². The Labute approximate surface area is 139 Å².